The van der Waals surface area contributed by atoms with Crippen LogP contribution in [0.25, 0.3) is 0 Å². The predicted molar refractivity (Wildman–Crippen MR) is 56.7 cm³/mol. The van der Waals surface area contributed by atoms with E-state index in [0.29, 0.717) is 6.42 Å². The highest BCUT2D eigenvalue weighted by Gasteiger charge is 2.08. The van der Waals surface area contributed by atoms with Crippen LogP contribution in [0.15, 0.2) is 24.3 Å². The first-order valence-corrected chi connectivity index (χ1v) is 4.59. The second-order valence-corrected chi connectivity index (χ2v) is 3.01. The Balaban J connectivity index is 2.89. The van der Waals surface area contributed by atoms with Gasteiger partial charge in [0.05, 0.1) is 7.11 Å². The zero-order valence-electron chi connectivity index (χ0n) is 8.78. The van der Waals surface area contributed by atoms with Crippen molar-refractivity contribution in [3.63, 3.8) is 0 Å². The van der Waals surface area contributed by atoms with Gasteiger partial charge in [-0.3, -0.25) is 4.79 Å². The Hall–Kier alpha value is -1.51. The average molecular weight is 193 g/mol. The molecule has 76 valence electrons. The van der Waals surface area contributed by atoms with Crippen LogP contribution in [0.4, 0.5) is 5.69 Å². The van der Waals surface area contributed by atoms with E-state index in [-0.39, 0.29) is 5.91 Å². The van der Waals surface area contributed by atoms with Gasteiger partial charge in [0.2, 0.25) is 5.91 Å². The highest BCUT2D eigenvalue weighted by Crippen LogP contribution is 2.20. The summed E-state index contributed by atoms with van der Waals surface area (Å²) in [6.07, 6.45) is 0.508. The molecular formula is C11H15NO2. The molecule has 0 saturated carbocycles. The van der Waals surface area contributed by atoms with Crippen LogP contribution in [-0.2, 0) is 4.79 Å². The van der Waals surface area contributed by atoms with E-state index in [9.17, 15) is 4.79 Å². The van der Waals surface area contributed by atoms with Gasteiger partial charge in [-0.1, -0.05) is 13.0 Å². The molecule has 3 heteroatoms. The molecule has 0 aliphatic carbocycles. The van der Waals surface area contributed by atoms with E-state index in [2.05, 4.69) is 0 Å². The summed E-state index contributed by atoms with van der Waals surface area (Å²) < 4.78 is 5.08. The minimum Gasteiger partial charge on any atom is -0.497 e. The van der Waals surface area contributed by atoms with Crippen LogP contribution < -0.4 is 9.64 Å². The normalized spacial score (nSPS) is 9.64. The Morgan fingerprint density at radius 1 is 1.50 bits per heavy atom. The van der Waals surface area contributed by atoms with Crippen LogP contribution in [0.2, 0.25) is 0 Å². The lowest BCUT2D eigenvalue weighted by Crippen LogP contribution is -2.24. The number of anilines is 1. The van der Waals surface area contributed by atoms with Crippen molar-refractivity contribution in [1.82, 2.24) is 0 Å². The fourth-order valence-electron chi connectivity index (χ4n) is 1.20. The molecule has 0 atom stereocenters. The first-order valence-electron chi connectivity index (χ1n) is 4.59. The third kappa shape index (κ3) is 2.25. The lowest BCUT2D eigenvalue weighted by molar-refractivity contribution is -0.118. The molecule has 0 heterocycles. The number of methoxy groups -OCH3 is 1. The number of benzene rings is 1. The van der Waals surface area contributed by atoms with Crippen LogP contribution in [0.3, 0.4) is 0 Å². The summed E-state index contributed by atoms with van der Waals surface area (Å²) in [5, 5.41) is 0. The van der Waals surface area contributed by atoms with Gasteiger partial charge >= 0.3 is 0 Å². The van der Waals surface area contributed by atoms with E-state index in [4.69, 9.17) is 4.74 Å². The maximum atomic E-state index is 11.4. The zero-order chi connectivity index (χ0) is 10.6. The number of hydrogen-bond donors (Lipinski definition) is 0. The Morgan fingerprint density at radius 3 is 2.79 bits per heavy atom. The molecule has 3 nitrogen and oxygen atoms in total. The molecule has 0 N–H and O–H groups in total. The second-order valence-electron chi connectivity index (χ2n) is 3.01. The van der Waals surface area contributed by atoms with E-state index in [0.717, 1.165) is 11.4 Å². The molecule has 0 spiro atoms. The van der Waals surface area contributed by atoms with Crippen molar-refractivity contribution >= 4 is 11.6 Å². The maximum Gasteiger partial charge on any atom is 0.226 e. The summed E-state index contributed by atoms with van der Waals surface area (Å²) in [5.41, 5.74) is 0.858. The van der Waals surface area contributed by atoms with Crippen molar-refractivity contribution in [3.8, 4) is 5.75 Å². The number of hydrogen-bond acceptors (Lipinski definition) is 2. The van der Waals surface area contributed by atoms with Gasteiger partial charge in [-0.25, -0.2) is 0 Å². The highest BCUT2D eigenvalue weighted by molar-refractivity contribution is 5.92. The van der Waals surface area contributed by atoms with Crippen molar-refractivity contribution in [2.45, 2.75) is 13.3 Å². The number of ether oxygens (including phenoxy) is 1. The molecule has 1 amide bonds. The van der Waals surface area contributed by atoms with Gasteiger partial charge in [0.1, 0.15) is 5.75 Å². The minimum absolute atomic E-state index is 0.0956. The third-order valence-corrected chi connectivity index (χ3v) is 2.12. The number of nitrogens with zero attached hydrogens (tertiary/aromatic N) is 1. The average Bonchev–Trinajstić information content (AvgIpc) is 2.27. The molecule has 1 aromatic rings. The van der Waals surface area contributed by atoms with E-state index >= 15 is 0 Å². The fourth-order valence-corrected chi connectivity index (χ4v) is 1.20. The van der Waals surface area contributed by atoms with Crippen molar-refractivity contribution in [3.05, 3.63) is 24.3 Å². The van der Waals surface area contributed by atoms with Gasteiger partial charge < -0.3 is 9.64 Å². The number of rotatable bonds is 3. The summed E-state index contributed by atoms with van der Waals surface area (Å²) in [5.74, 6) is 0.858. The Morgan fingerprint density at radius 2 is 2.21 bits per heavy atom. The molecule has 1 rings (SSSR count). The summed E-state index contributed by atoms with van der Waals surface area (Å²) in [6, 6.07) is 7.45. The van der Waals surface area contributed by atoms with Gasteiger partial charge in [-0.2, -0.15) is 0 Å². The first kappa shape index (κ1) is 10.6. The van der Waals surface area contributed by atoms with Crippen molar-refractivity contribution < 1.29 is 9.53 Å². The van der Waals surface area contributed by atoms with Crippen LogP contribution >= 0.6 is 0 Å². The first-order chi connectivity index (χ1) is 6.69. The lowest BCUT2D eigenvalue weighted by atomic mass is 10.2. The molecule has 0 radical (unpaired) electrons. The van der Waals surface area contributed by atoms with E-state index in [1.807, 2.05) is 31.2 Å². The van der Waals surface area contributed by atoms with Gasteiger partial charge in [-0.05, 0) is 12.1 Å². The summed E-state index contributed by atoms with van der Waals surface area (Å²) in [7, 11) is 3.38. The molecule has 14 heavy (non-hydrogen) atoms. The summed E-state index contributed by atoms with van der Waals surface area (Å²) >= 11 is 0. The molecule has 0 aliphatic heterocycles. The van der Waals surface area contributed by atoms with E-state index in [1.165, 1.54) is 0 Å². The molecule has 0 aromatic heterocycles. The zero-order valence-corrected chi connectivity index (χ0v) is 8.78. The fraction of sp³-hybridized carbons (Fsp3) is 0.364. The Kier molecular flexibility index (Phi) is 3.51. The van der Waals surface area contributed by atoms with Crippen molar-refractivity contribution in [2.24, 2.45) is 0 Å². The molecule has 0 aliphatic rings. The number of amides is 1. The summed E-state index contributed by atoms with van der Waals surface area (Å²) in [6.45, 7) is 1.85. The van der Waals surface area contributed by atoms with Gasteiger partial charge in [0.25, 0.3) is 0 Å². The van der Waals surface area contributed by atoms with Gasteiger partial charge in [0.15, 0.2) is 0 Å². The van der Waals surface area contributed by atoms with Crippen molar-refractivity contribution in [1.29, 1.82) is 0 Å². The highest BCUT2D eigenvalue weighted by atomic mass is 16.5. The topological polar surface area (TPSA) is 29.5 Å². The standard InChI is InChI=1S/C11H15NO2/c1-4-11(13)12(2)9-6-5-7-10(8-9)14-3/h5-8H,4H2,1-3H3. The van der Waals surface area contributed by atoms with E-state index < -0.39 is 0 Å². The number of carbonyl (C=O) groups excluding carboxylic acids is 1. The van der Waals surface area contributed by atoms with Crippen LogP contribution in [0.1, 0.15) is 13.3 Å². The SMILES string of the molecule is CCC(=O)N(C)c1cccc(OC)c1. The quantitative estimate of drug-likeness (QED) is 0.735. The van der Waals surface area contributed by atoms with Gasteiger partial charge in [-0.15, -0.1) is 0 Å². The minimum atomic E-state index is 0.0956. The predicted octanol–water partition coefficient (Wildman–Crippen LogP) is 2.07. The van der Waals surface area contributed by atoms with Crippen LogP contribution in [0.5, 0.6) is 5.75 Å². The van der Waals surface area contributed by atoms with Crippen LogP contribution in [-0.4, -0.2) is 20.1 Å². The molecule has 0 bridgehead atoms. The molecule has 1 aromatic carbocycles. The molecule has 0 saturated heterocycles. The third-order valence-electron chi connectivity index (χ3n) is 2.12. The molecule has 0 fully saturated rings. The second kappa shape index (κ2) is 4.65. The Bertz CT molecular complexity index is 323. The summed E-state index contributed by atoms with van der Waals surface area (Å²) in [4.78, 5) is 13.0. The smallest absolute Gasteiger partial charge is 0.226 e. The lowest BCUT2D eigenvalue weighted by Gasteiger charge is -2.16. The monoisotopic (exact) mass is 193 g/mol. The largest absolute Gasteiger partial charge is 0.497 e. The molecular weight excluding hydrogens is 178 g/mol. The van der Waals surface area contributed by atoms with Crippen molar-refractivity contribution in [2.75, 3.05) is 19.1 Å². The maximum absolute atomic E-state index is 11.4. The number of carbonyl (C=O) groups is 1. The molecule has 0 unspecified atom stereocenters. The van der Waals surface area contributed by atoms with Crippen LogP contribution in [0, 0.1) is 0 Å². The Labute approximate surface area is 84.3 Å². The van der Waals surface area contributed by atoms with Gasteiger partial charge in [0, 0.05) is 25.2 Å². The van der Waals surface area contributed by atoms with E-state index in [1.54, 1.807) is 19.1 Å².